The zero-order chi connectivity index (χ0) is 22.6. The molecule has 0 aliphatic rings. The number of anilines is 3. The van der Waals surface area contributed by atoms with E-state index in [4.69, 9.17) is 16.6 Å². The van der Waals surface area contributed by atoms with Gasteiger partial charge in [0.15, 0.2) is 0 Å². The molecular formula is C28H20ClN3O. The molecule has 4 nitrogen and oxygen atoms in total. The summed E-state index contributed by atoms with van der Waals surface area (Å²) in [6.07, 6.45) is 0. The van der Waals surface area contributed by atoms with E-state index in [1.165, 1.54) is 0 Å². The molecule has 0 spiro atoms. The predicted molar refractivity (Wildman–Crippen MR) is 136 cm³/mol. The Morgan fingerprint density at radius 1 is 0.697 bits per heavy atom. The number of aromatic nitrogens is 1. The van der Waals surface area contributed by atoms with E-state index in [1.54, 1.807) is 0 Å². The van der Waals surface area contributed by atoms with Crippen LogP contribution in [0.1, 0.15) is 10.4 Å². The normalized spacial score (nSPS) is 10.7. The highest BCUT2D eigenvalue weighted by atomic mass is 35.5. The Labute approximate surface area is 196 Å². The second-order valence-corrected chi connectivity index (χ2v) is 8.04. The minimum atomic E-state index is -0.187. The minimum Gasteiger partial charge on any atom is -0.356 e. The van der Waals surface area contributed by atoms with Crippen LogP contribution in [0.15, 0.2) is 109 Å². The van der Waals surface area contributed by atoms with Gasteiger partial charge < -0.3 is 10.6 Å². The van der Waals surface area contributed by atoms with Gasteiger partial charge in [-0.25, -0.2) is 4.98 Å². The fraction of sp³-hybridized carbons (Fsp3) is 0. The Kier molecular flexibility index (Phi) is 5.75. The van der Waals surface area contributed by atoms with Crippen molar-refractivity contribution in [1.29, 1.82) is 0 Å². The number of benzene rings is 4. The first-order valence-electron chi connectivity index (χ1n) is 10.5. The number of pyridine rings is 1. The molecular weight excluding hydrogens is 430 g/mol. The minimum absolute atomic E-state index is 0.187. The van der Waals surface area contributed by atoms with Crippen LogP contribution in [0.25, 0.3) is 22.2 Å². The fourth-order valence-corrected chi connectivity index (χ4v) is 3.78. The third kappa shape index (κ3) is 4.71. The quantitative estimate of drug-likeness (QED) is 0.291. The maximum absolute atomic E-state index is 13.3. The highest BCUT2D eigenvalue weighted by Crippen LogP contribution is 2.27. The number of hydrogen-bond acceptors (Lipinski definition) is 3. The Bertz CT molecular complexity index is 1420. The molecule has 0 saturated heterocycles. The lowest BCUT2D eigenvalue weighted by molar-refractivity contribution is 0.102. The van der Waals surface area contributed by atoms with Crippen LogP contribution >= 0.6 is 11.6 Å². The third-order valence-corrected chi connectivity index (χ3v) is 5.56. The third-order valence-electron chi connectivity index (χ3n) is 5.31. The van der Waals surface area contributed by atoms with Crippen molar-refractivity contribution >= 4 is 45.5 Å². The first kappa shape index (κ1) is 20.7. The van der Waals surface area contributed by atoms with E-state index >= 15 is 0 Å². The lowest BCUT2D eigenvalue weighted by Crippen LogP contribution is -2.13. The van der Waals surface area contributed by atoms with Crippen molar-refractivity contribution in [2.75, 3.05) is 10.6 Å². The maximum Gasteiger partial charge on any atom is 0.256 e. The molecule has 2 N–H and O–H groups in total. The lowest BCUT2D eigenvalue weighted by Gasteiger charge is -2.12. The average molecular weight is 450 g/mol. The molecule has 5 aromatic rings. The van der Waals surface area contributed by atoms with Crippen molar-refractivity contribution in [3.05, 3.63) is 120 Å². The number of nitrogens with zero attached hydrogens (tertiary/aromatic N) is 1. The van der Waals surface area contributed by atoms with E-state index < -0.39 is 0 Å². The van der Waals surface area contributed by atoms with Crippen molar-refractivity contribution in [2.45, 2.75) is 0 Å². The van der Waals surface area contributed by atoms with Crippen LogP contribution in [0.5, 0.6) is 0 Å². The zero-order valence-electron chi connectivity index (χ0n) is 17.6. The molecule has 0 radical (unpaired) electrons. The molecule has 4 aromatic carbocycles. The van der Waals surface area contributed by atoms with Gasteiger partial charge in [0.05, 0.1) is 16.8 Å². The molecule has 0 aliphatic carbocycles. The molecule has 0 atom stereocenters. The van der Waals surface area contributed by atoms with Crippen molar-refractivity contribution in [2.24, 2.45) is 0 Å². The number of amides is 1. The van der Waals surface area contributed by atoms with Crippen LogP contribution < -0.4 is 10.6 Å². The Morgan fingerprint density at radius 2 is 1.33 bits per heavy atom. The van der Waals surface area contributed by atoms with E-state index in [1.807, 2.05) is 109 Å². The summed E-state index contributed by atoms with van der Waals surface area (Å²) >= 11 is 6.03. The second-order valence-electron chi connectivity index (χ2n) is 7.60. The van der Waals surface area contributed by atoms with Crippen LogP contribution in [0, 0.1) is 0 Å². The largest absolute Gasteiger partial charge is 0.356 e. The van der Waals surface area contributed by atoms with Crippen LogP contribution in [0.4, 0.5) is 17.1 Å². The molecule has 0 saturated carbocycles. The number of halogens is 1. The topological polar surface area (TPSA) is 54.0 Å². The van der Waals surface area contributed by atoms with Gasteiger partial charge in [-0.05, 0) is 60.7 Å². The van der Waals surface area contributed by atoms with Crippen LogP contribution in [-0.4, -0.2) is 10.9 Å². The summed E-state index contributed by atoms with van der Waals surface area (Å²) in [4.78, 5) is 18.0. The summed E-state index contributed by atoms with van der Waals surface area (Å²) < 4.78 is 0. The SMILES string of the molecule is O=C(Nc1ccc(Nc2ccccc2)cc1)c1cc(-c2ccc(Cl)cc2)nc2ccccc12. The zero-order valence-corrected chi connectivity index (χ0v) is 18.4. The molecule has 0 fully saturated rings. The molecule has 33 heavy (non-hydrogen) atoms. The molecule has 160 valence electrons. The van der Waals surface area contributed by atoms with E-state index in [9.17, 15) is 4.79 Å². The Balaban J connectivity index is 1.42. The van der Waals surface area contributed by atoms with E-state index in [-0.39, 0.29) is 5.91 Å². The average Bonchev–Trinajstić information content (AvgIpc) is 2.85. The first-order chi connectivity index (χ1) is 16.2. The number of hydrogen-bond donors (Lipinski definition) is 2. The highest BCUT2D eigenvalue weighted by Gasteiger charge is 2.14. The summed E-state index contributed by atoms with van der Waals surface area (Å²) in [6, 6.07) is 34.5. The number of fused-ring (bicyclic) bond motifs is 1. The number of carbonyl (C=O) groups is 1. The van der Waals surface area contributed by atoms with Crippen molar-refractivity contribution in [3.63, 3.8) is 0 Å². The van der Waals surface area contributed by atoms with Crippen molar-refractivity contribution in [1.82, 2.24) is 4.98 Å². The maximum atomic E-state index is 13.3. The van der Waals surface area contributed by atoms with E-state index in [2.05, 4.69) is 10.6 Å². The van der Waals surface area contributed by atoms with E-state index in [0.717, 1.165) is 33.5 Å². The monoisotopic (exact) mass is 449 g/mol. The van der Waals surface area contributed by atoms with E-state index in [0.29, 0.717) is 16.3 Å². The molecule has 5 heteroatoms. The predicted octanol–water partition coefficient (Wildman–Crippen LogP) is 7.55. The van der Waals surface area contributed by atoms with Gasteiger partial charge in [0.1, 0.15) is 0 Å². The number of rotatable bonds is 5. The van der Waals surface area contributed by atoms with Crippen LogP contribution in [0.2, 0.25) is 5.02 Å². The van der Waals surface area contributed by atoms with Crippen molar-refractivity contribution < 1.29 is 4.79 Å². The standard InChI is InChI=1S/C28H20ClN3O/c29-20-12-10-19(11-13-20)27-18-25(24-8-4-5-9-26(24)32-27)28(33)31-23-16-14-22(15-17-23)30-21-6-2-1-3-7-21/h1-18,30H,(H,31,33). The van der Waals surface area contributed by atoms with Gasteiger partial charge in [0, 0.05) is 33.0 Å². The van der Waals surface area contributed by atoms with Crippen LogP contribution in [-0.2, 0) is 0 Å². The summed E-state index contributed by atoms with van der Waals surface area (Å²) in [5, 5.41) is 7.81. The fourth-order valence-electron chi connectivity index (χ4n) is 3.66. The van der Waals surface area contributed by atoms with Crippen molar-refractivity contribution in [3.8, 4) is 11.3 Å². The first-order valence-corrected chi connectivity index (χ1v) is 10.9. The molecule has 0 unspecified atom stereocenters. The summed E-state index contributed by atoms with van der Waals surface area (Å²) in [5.41, 5.74) is 5.61. The van der Waals surface area contributed by atoms with Gasteiger partial charge in [-0.3, -0.25) is 4.79 Å². The molecule has 1 aromatic heterocycles. The van der Waals surface area contributed by atoms with Gasteiger partial charge in [-0.15, -0.1) is 0 Å². The van der Waals surface area contributed by atoms with Gasteiger partial charge in [-0.2, -0.15) is 0 Å². The highest BCUT2D eigenvalue weighted by molar-refractivity contribution is 6.30. The van der Waals surface area contributed by atoms with Crippen LogP contribution in [0.3, 0.4) is 0 Å². The van der Waals surface area contributed by atoms with Gasteiger partial charge in [0.25, 0.3) is 5.91 Å². The number of carbonyl (C=O) groups excluding carboxylic acids is 1. The molecule has 0 aliphatic heterocycles. The summed E-state index contributed by atoms with van der Waals surface area (Å²) in [7, 11) is 0. The summed E-state index contributed by atoms with van der Waals surface area (Å²) in [5.74, 6) is -0.187. The molecule has 1 amide bonds. The van der Waals surface area contributed by atoms with Gasteiger partial charge in [-0.1, -0.05) is 60.1 Å². The van der Waals surface area contributed by atoms with Gasteiger partial charge >= 0.3 is 0 Å². The number of nitrogens with one attached hydrogen (secondary N) is 2. The molecule has 0 bridgehead atoms. The Hall–Kier alpha value is -4.15. The van der Waals surface area contributed by atoms with Gasteiger partial charge in [0.2, 0.25) is 0 Å². The molecule has 5 rings (SSSR count). The summed E-state index contributed by atoms with van der Waals surface area (Å²) in [6.45, 7) is 0. The smallest absolute Gasteiger partial charge is 0.256 e. The molecule has 1 heterocycles. The Morgan fingerprint density at radius 3 is 2.09 bits per heavy atom. The second kappa shape index (κ2) is 9.15. The lowest BCUT2D eigenvalue weighted by atomic mass is 10.0. The number of para-hydroxylation sites is 2.